The van der Waals surface area contributed by atoms with E-state index in [1.807, 2.05) is 19.9 Å². The number of ether oxygens (including phenoxy) is 2. The fraction of sp³-hybridized carbons (Fsp3) is 0.571. The summed E-state index contributed by atoms with van der Waals surface area (Å²) in [5.74, 6) is 0.804. The lowest BCUT2D eigenvalue weighted by atomic mass is 9.99. The Balaban J connectivity index is 1.97. The van der Waals surface area contributed by atoms with Gasteiger partial charge in [0.05, 0.1) is 12.0 Å². The van der Waals surface area contributed by atoms with Crippen molar-refractivity contribution in [1.29, 1.82) is 0 Å². The Labute approximate surface area is 120 Å². The van der Waals surface area contributed by atoms with Crippen LogP contribution >= 0.6 is 11.6 Å². The molecule has 0 saturated heterocycles. The fourth-order valence-electron chi connectivity index (χ4n) is 2.20. The van der Waals surface area contributed by atoms with E-state index in [-0.39, 0.29) is 12.2 Å². The first-order valence-corrected chi connectivity index (χ1v) is 6.70. The average molecular weight is 309 g/mol. The quantitative estimate of drug-likeness (QED) is 0.774. The minimum atomic E-state index is -4.33. The van der Waals surface area contributed by atoms with Gasteiger partial charge in [0.15, 0.2) is 0 Å². The van der Waals surface area contributed by atoms with Crippen LogP contribution in [0.2, 0.25) is 0 Å². The maximum Gasteiger partial charge on any atom is 0.411 e. The van der Waals surface area contributed by atoms with Gasteiger partial charge >= 0.3 is 6.18 Å². The number of halogens is 4. The van der Waals surface area contributed by atoms with Crippen LogP contribution in [0.3, 0.4) is 0 Å². The molecule has 6 heteroatoms. The first-order chi connectivity index (χ1) is 9.16. The number of hydrogen-bond donors (Lipinski definition) is 0. The molecule has 0 bridgehead atoms. The smallest absolute Gasteiger partial charge is 0.411 e. The lowest BCUT2D eigenvalue weighted by Crippen LogP contribution is -2.24. The second-order valence-corrected chi connectivity index (χ2v) is 6.03. The number of hydrogen-bond acceptors (Lipinski definition) is 2. The third-order valence-corrected chi connectivity index (χ3v) is 3.36. The highest BCUT2D eigenvalue weighted by molar-refractivity contribution is 6.20. The predicted octanol–water partition coefficient (Wildman–Crippen LogP) is 4.26. The van der Waals surface area contributed by atoms with Crippen LogP contribution < -0.4 is 4.74 Å². The molecule has 1 atom stereocenters. The number of fused-ring (bicyclic) bond motifs is 1. The molecule has 0 aromatic heterocycles. The van der Waals surface area contributed by atoms with Crippen LogP contribution in [-0.4, -0.2) is 25.0 Å². The summed E-state index contributed by atoms with van der Waals surface area (Å²) < 4.78 is 46.3. The van der Waals surface area contributed by atoms with Crippen molar-refractivity contribution in [3.8, 4) is 5.75 Å². The normalized spacial score (nSPS) is 18.5. The van der Waals surface area contributed by atoms with Crippen LogP contribution in [0.5, 0.6) is 5.75 Å². The maximum absolute atomic E-state index is 12.0. The number of benzene rings is 1. The summed E-state index contributed by atoms with van der Waals surface area (Å²) in [4.78, 5) is 0. The number of rotatable bonds is 4. The van der Waals surface area contributed by atoms with Crippen molar-refractivity contribution in [3.63, 3.8) is 0 Å². The van der Waals surface area contributed by atoms with E-state index >= 15 is 0 Å². The molecular weight excluding hydrogens is 293 g/mol. The van der Waals surface area contributed by atoms with Gasteiger partial charge in [-0.3, -0.25) is 0 Å². The molecule has 1 aromatic carbocycles. The second kappa shape index (κ2) is 5.45. The largest absolute Gasteiger partial charge is 0.487 e. The molecule has 2 rings (SSSR count). The molecule has 20 heavy (non-hydrogen) atoms. The van der Waals surface area contributed by atoms with Crippen LogP contribution in [-0.2, 0) is 11.2 Å². The van der Waals surface area contributed by atoms with Gasteiger partial charge in [-0.25, -0.2) is 0 Å². The van der Waals surface area contributed by atoms with Gasteiger partial charge in [-0.05, 0) is 31.0 Å². The van der Waals surface area contributed by atoms with E-state index in [1.165, 1.54) is 0 Å². The van der Waals surface area contributed by atoms with Gasteiger partial charge in [-0.15, -0.1) is 11.6 Å². The van der Waals surface area contributed by atoms with Crippen LogP contribution in [0.15, 0.2) is 18.2 Å². The molecule has 1 heterocycles. The fourth-order valence-corrected chi connectivity index (χ4v) is 2.42. The Bertz CT molecular complexity index is 486. The lowest BCUT2D eigenvalue weighted by Gasteiger charge is -2.16. The van der Waals surface area contributed by atoms with E-state index in [1.54, 1.807) is 12.1 Å². The standard InChI is InChI=1S/C14H16ClF3O2/c1-13(2)6-10-5-9(3-4-12(10)20-13)11(15)7-19-8-14(16,17)18/h3-5,11H,6-8H2,1-2H3. The van der Waals surface area contributed by atoms with Gasteiger partial charge in [-0.2, -0.15) is 13.2 Å². The van der Waals surface area contributed by atoms with Crippen molar-refractivity contribution in [2.24, 2.45) is 0 Å². The topological polar surface area (TPSA) is 18.5 Å². The molecule has 0 fully saturated rings. The summed E-state index contributed by atoms with van der Waals surface area (Å²) in [6.07, 6.45) is -3.57. The van der Waals surface area contributed by atoms with Crippen LogP contribution in [0.1, 0.15) is 30.4 Å². The third-order valence-electron chi connectivity index (χ3n) is 2.98. The van der Waals surface area contributed by atoms with Crippen LogP contribution in [0.25, 0.3) is 0 Å². The molecular formula is C14H16ClF3O2. The Hall–Kier alpha value is -0.940. The highest BCUT2D eigenvalue weighted by Gasteiger charge is 2.31. The van der Waals surface area contributed by atoms with Gasteiger partial charge in [0.2, 0.25) is 0 Å². The average Bonchev–Trinajstić information content (AvgIpc) is 2.59. The van der Waals surface area contributed by atoms with Crippen molar-refractivity contribution < 1.29 is 22.6 Å². The highest BCUT2D eigenvalue weighted by Crippen LogP contribution is 2.37. The van der Waals surface area contributed by atoms with Gasteiger partial charge in [0.1, 0.15) is 18.0 Å². The monoisotopic (exact) mass is 308 g/mol. The summed E-state index contributed by atoms with van der Waals surface area (Å²) in [5, 5.41) is -0.605. The second-order valence-electron chi connectivity index (χ2n) is 5.50. The lowest BCUT2D eigenvalue weighted by molar-refractivity contribution is -0.173. The predicted molar refractivity (Wildman–Crippen MR) is 70.3 cm³/mol. The molecule has 1 unspecified atom stereocenters. The summed E-state index contributed by atoms with van der Waals surface area (Å²) in [6.45, 7) is 2.51. The SMILES string of the molecule is CC1(C)Cc2cc(C(Cl)COCC(F)(F)F)ccc2O1. The van der Waals surface area contributed by atoms with Gasteiger partial charge < -0.3 is 9.47 Å². The summed E-state index contributed by atoms with van der Waals surface area (Å²) in [6, 6.07) is 5.44. The van der Waals surface area contributed by atoms with E-state index in [0.29, 0.717) is 0 Å². The minimum absolute atomic E-state index is 0.176. The summed E-state index contributed by atoms with van der Waals surface area (Å²) in [5.41, 5.74) is 1.51. The molecule has 112 valence electrons. The zero-order valence-electron chi connectivity index (χ0n) is 11.3. The first-order valence-electron chi connectivity index (χ1n) is 6.27. The Morgan fingerprint density at radius 2 is 2.10 bits per heavy atom. The van der Waals surface area contributed by atoms with Crippen molar-refractivity contribution >= 4 is 11.6 Å². The molecule has 0 aliphatic carbocycles. The molecule has 2 nitrogen and oxygen atoms in total. The van der Waals surface area contributed by atoms with Gasteiger partial charge in [0, 0.05) is 6.42 Å². The highest BCUT2D eigenvalue weighted by atomic mass is 35.5. The Kier molecular flexibility index (Phi) is 4.21. The summed E-state index contributed by atoms with van der Waals surface area (Å²) >= 11 is 6.07. The van der Waals surface area contributed by atoms with Gasteiger partial charge in [0.25, 0.3) is 0 Å². The maximum atomic E-state index is 12.0. The van der Waals surface area contributed by atoms with E-state index < -0.39 is 18.2 Å². The molecule has 1 aromatic rings. The minimum Gasteiger partial charge on any atom is -0.487 e. The Morgan fingerprint density at radius 1 is 1.40 bits per heavy atom. The molecule has 1 aliphatic rings. The van der Waals surface area contributed by atoms with Crippen molar-refractivity contribution in [2.75, 3.05) is 13.2 Å². The number of alkyl halides is 4. The Morgan fingerprint density at radius 3 is 2.75 bits per heavy atom. The zero-order chi connectivity index (χ0) is 15.0. The molecule has 0 radical (unpaired) electrons. The molecule has 0 spiro atoms. The van der Waals surface area contributed by atoms with Crippen LogP contribution in [0.4, 0.5) is 13.2 Å². The summed E-state index contributed by atoms with van der Waals surface area (Å²) in [7, 11) is 0. The third kappa shape index (κ3) is 4.03. The van der Waals surface area contributed by atoms with Crippen molar-refractivity contribution in [2.45, 2.75) is 37.4 Å². The molecule has 0 N–H and O–H groups in total. The van der Waals surface area contributed by atoms with Gasteiger partial charge in [-0.1, -0.05) is 12.1 Å². The molecule has 0 saturated carbocycles. The van der Waals surface area contributed by atoms with E-state index in [2.05, 4.69) is 4.74 Å². The first kappa shape index (κ1) is 15.4. The van der Waals surface area contributed by atoms with E-state index in [0.717, 1.165) is 23.3 Å². The van der Waals surface area contributed by atoms with Crippen LogP contribution in [0, 0.1) is 0 Å². The van der Waals surface area contributed by atoms with E-state index in [4.69, 9.17) is 16.3 Å². The molecule has 0 amide bonds. The zero-order valence-corrected chi connectivity index (χ0v) is 12.0. The molecule has 1 aliphatic heterocycles. The van der Waals surface area contributed by atoms with Crippen molar-refractivity contribution in [3.05, 3.63) is 29.3 Å². The van der Waals surface area contributed by atoms with E-state index in [9.17, 15) is 13.2 Å². The van der Waals surface area contributed by atoms with Crippen molar-refractivity contribution in [1.82, 2.24) is 0 Å².